The van der Waals surface area contributed by atoms with Crippen molar-refractivity contribution in [2.45, 2.75) is 31.7 Å². The van der Waals surface area contributed by atoms with Crippen LogP contribution in [0.15, 0.2) is 41.3 Å². The molecule has 9 heteroatoms. The zero-order chi connectivity index (χ0) is 20.2. The lowest BCUT2D eigenvalue weighted by molar-refractivity contribution is -0.117. The van der Waals surface area contributed by atoms with Gasteiger partial charge in [-0.05, 0) is 56.7 Å². The molecule has 0 saturated carbocycles. The Kier molecular flexibility index (Phi) is 7.11. The Balaban J connectivity index is 2.13. The number of hydrogen-bond acceptors (Lipinski definition) is 4. The Morgan fingerprint density at radius 1 is 1.19 bits per heavy atom. The molecule has 1 atom stereocenters. The van der Waals surface area contributed by atoms with Crippen LogP contribution in [0.5, 0.6) is 5.75 Å². The number of ether oxygens (including phenoxy) is 1. The number of rotatable bonds is 7. The van der Waals surface area contributed by atoms with Gasteiger partial charge in [-0.15, -0.1) is 0 Å². The van der Waals surface area contributed by atoms with E-state index in [4.69, 9.17) is 27.9 Å². The molecule has 0 radical (unpaired) electrons. The summed E-state index contributed by atoms with van der Waals surface area (Å²) in [6, 6.07) is 8.19. The predicted molar refractivity (Wildman–Crippen MR) is 107 cm³/mol. The van der Waals surface area contributed by atoms with Crippen LogP contribution in [-0.2, 0) is 14.8 Å². The molecule has 0 spiro atoms. The maximum absolute atomic E-state index is 12.5. The number of sulfonamides is 1. The molecule has 0 saturated heterocycles. The van der Waals surface area contributed by atoms with Crippen molar-refractivity contribution in [1.29, 1.82) is 0 Å². The number of anilines is 1. The standard InChI is InChI=1S/C18H20Cl2N2O4S/c1-4-26-17-9-8-13(10-15(17)20)27(24,25)22-12(3)18(23)21-16-7-5-6-14(19)11(16)2/h5-10,12,22H,4H2,1-3H3,(H,21,23)/t12-/m0/s1. The van der Waals surface area contributed by atoms with Gasteiger partial charge in [0.1, 0.15) is 5.75 Å². The average molecular weight is 431 g/mol. The van der Waals surface area contributed by atoms with Gasteiger partial charge in [0.25, 0.3) is 0 Å². The van der Waals surface area contributed by atoms with Crippen LogP contribution in [0.4, 0.5) is 5.69 Å². The van der Waals surface area contributed by atoms with Gasteiger partial charge in [0.2, 0.25) is 15.9 Å². The summed E-state index contributed by atoms with van der Waals surface area (Å²) in [5.41, 5.74) is 1.21. The van der Waals surface area contributed by atoms with Crippen LogP contribution in [0.25, 0.3) is 0 Å². The molecule has 27 heavy (non-hydrogen) atoms. The molecule has 0 fully saturated rings. The lowest BCUT2D eigenvalue weighted by Crippen LogP contribution is -2.41. The van der Waals surface area contributed by atoms with E-state index in [0.29, 0.717) is 28.6 Å². The Bertz CT molecular complexity index is 948. The minimum absolute atomic E-state index is 0.0606. The predicted octanol–water partition coefficient (Wildman–Crippen LogP) is 4.01. The van der Waals surface area contributed by atoms with Crippen molar-refractivity contribution in [2.24, 2.45) is 0 Å². The minimum Gasteiger partial charge on any atom is -0.492 e. The highest BCUT2D eigenvalue weighted by Crippen LogP contribution is 2.27. The van der Waals surface area contributed by atoms with E-state index in [-0.39, 0.29) is 9.92 Å². The van der Waals surface area contributed by atoms with Gasteiger partial charge in [-0.3, -0.25) is 4.79 Å². The second-order valence-corrected chi connectivity index (χ2v) is 8.30. The molecule has 0 aliphatic heterocycles. The van der Waals surface area contributed by atoms with Gasteiger partial charge in [-0.2, -0.15) is 4.72 Å². The molecule has 146 valence electrons. The third kappa shape index (κ3) is 5.35. The molecule has 0 aliphatic carbocycles. The largest absolute Gasteiger partial charge is 0.492 e. The monoisotopic (exact) mass is 430 g/mol. The van der Waals surface area contributed by atoms with Crippen molar-refractivity contribution in [2.75, 3.05) is 11.9 Å². The third-order valence-corrected chi connectivity index (χ3v) is 6.01. The summed E-state index contributed by atoms with van der Waals surface area (Å²) >= 11 is 12.1. The van der Waals surface area contributed by atoms with Gasteiger partial charge in [0.15, 0.2) is 0 Å². The SMILES string of the molecule is CCOc1ccc(S(=O)(=O)N[C@@H](C)C(=O)Nc2cccc(Cl)c2C)cc1Cl. The van der Waals surface area contributed by atoms with Crippen LogP contribution in [0.2, 0.25) is 10.0 Å². The third-order valence-electron chi connectivity index (χ3n) is 3.76. The quantitative estimate of drug-likeness (QED) is 0.694. The van der Waals surface area contributed by atoms with Crippen LogP contribution < -0.4 is 14.8 Å². The summed E-state index contributed by atoms with van der Waals surface area (Å²) in [6.07, 6.45) is 0. The van der Waals surface area contributed by atoms with Crippen molar-refractivity contribution in [1.82, 2.24) is 4.72 Å². The molecule has 0 bridgehead atoms. The maximum Gasteiger partial charge on any atom is 0.242 e. The van der Waals surface area contributed by atoms with Crippen LogP contribution in [0.1, 0.15) is 19.4 Å². The van der Waals surface area contributed by atoms with Crippen molar-refractivity contribution >= 4 is 44.8 Å². The average Bonchev–Trinajstić information content (AvgIpc) is 2.60. The van der Waals surface area contributed by atoms with Gasteiger partial charge in [-0.1, -0.05) is 29.3 Å². The summed E-state index contributed by atoms with van der Waals surface area (Å²) in [6.45, 7) is 5.41. The Morgan fingerprint density at radius 2 is 1.89 bits per heavy atom. The van der Waals surface area contributed by atoms with Crippen LogP contribution in [0, 0.1) is 6.92 Å². The number of benzene rings is 2. The molecule has 2 aromatic rings. The highest BCUT2D eigenvalue weighted by molar-refractivity contribution is 7.89. The van der Waals surface area contributed by atoms with E-state index < -0.39 is 22.0 Å². The highest BCUT2D eigenvalue weighted by atomic mass is 35.5. The van der Waals surface area contributed by atoms with Gasteiger partial charge in [0.05, 0.1) is 22.6 Å². The smallest absolute Gasteiger partial charge is 0.242 e. The zero-order valence-electron chi connectivity index (χ0n) is 15.0. The lowest BCUT2D eigenvalue weighted by atomic mass is 10.2. The van der Waals surface area contributed by atoms with E-state index in [9.17, 15) is 13.2 Å². The highest BCUT2D eigenvalue weighted by Gasteiger charge is 2.23. The fourth-order valence-corrected chi connectivity index (χ4v) is 3.96. The Hall–Kier alpha value is -1.80. The lowest BCUT2D eigenvalue weighted by Gasteiger charge is -2.16. The van der Waals surface area contributed by atoms with E-state index >= 15 is 0 Å². The minimum atomic E-state index is -3.95. The maximum atomic E-state index is 12.5. The van der Waals surface area contributed by atoms with E-state index in [0.717, 1.165) is 0 Å². The van der Waals surface area contributed by atoms with E-state index in [1.807, 2.05) is 0 Å². The van der Waals surface area contributed by atoms with Crippen LogP contribution in [-0.4, -0.2) is 27.0 Å². The number of carbonyl (C=O) groups excluding carboxylic acids is 1. The summed E-state index contributed by atoms with van der Waals surface area (Å²) in [4.78, 5) is 12.3. The molecule has 0 unspecified atom stereocenters. The van der Waals surface area contributed by atoms with Gasteiger partial charge in [0, 0.05) is 10.7 Å². The second kappa shape index (κ2) is 8.93. The molecule has 0 aliphatic rings. The van der Waals surface area contributed by atoms with Crippen molar-refractivity contribution in [3.8, 4) is 5.75 Å². The van der Waals surface area contributed by atoms with E-state index in [2.05, 4.69) is 10.0 Å². The first kappa shape index (κ1) is 21.5. The van der Waals surface area contributed by atoms with Crippen molar-refractivity contribution in [3.05, 3.63) is 52.0 Å². The number of hydrogen-bond donors (Lipinski definition) is 2. The summed E-state index contributed by atoms with van der Waals surface area (Å²) < 4.78 is 32.7. The Labute approximate surface area is 168 Å². The first-order chi connectivity index (χ1) is 12.7. The molecule has 2 rings (SSSR count). The molecule has 0 aromatic heterocycles. The second-order valence-electron chi connectivity index (χ2n) is 5.77. The number of amides is 1. The van der Waals surface area contributed by atoms with Crippen molar-refractivity contribution < 1.29 is 17.9 Å². The zero-order valence-corrected chi connectivity index (χ0v) is 17.4. The fourth-order valence-electron chi connectivity index (χ4n) is 2.26. The molecule has 0 heterocycles. The molecule has 6 nitrogen and oxygen atoms in total. The van der Waals surface area contributed by atoms with E-state index in [1.54, 1.807) is 32.0 Å². The molecule has 2 aromatic carbocycles. The Morgan fingerprint density at radius 3 is 2.52 bits per heavy atom. The van der Waals surface area contributed by atoms with Gasteiger partial charge >= 0.3 is 0 Å². The van der Waals surface area contributed by atoms with Crippen LogP contribution >= 0.6 is 23.2 Å². The van der Waals surface area contributed by atoms with Crippen molar-refractivity contribution in [3.63, 3.8) is 0 Å². The summed E-state index contributed by atoms with van der Waals surface area (Å²) in [5, 5.41) is 3.34. The molecular formula is C18H20Cl2N2O4S. The first-order valence-corrected chi connectivity index (χ1v) is 10.4. The molecular weight excluding hydrogens is 411 g/mol. The van der Waals surface area contributed by atoms with Gasteiger partial charge in [-0.25, -0.2) is 8.42 Å². The molecule has 2 N–H and O–H groups in total. The fraction of sp³-hybridized carbons (Fsp3) is 0.278. The topological polar surface area (TPSA) is 84.5 Å². The van der Waals surface area contributed by atoms with Gasteiger partial charge < -0.3 is 10.1 Å². The molecule has 1 amide bonds. The number of nitrogens with one attached hydrogen (secondary N) is 2. The summed E-state index contributed by atoms with van der Waals surface area (Å²) in [5.74, 6) is -0.124. The normalized spacial score (nSPS) is 12.5. The number of halogens is 2. The summed E-state index contributed by atoms with van der Waals surface area (Å²) in [7, 11) is -3.95. The first-order valence-electron chi connectivity index (χ1n) is 8.16. The number of carbonyl (C=O) groups is 1. The van der Waals surface area contributed by atoms with E-state index in [1.165, 1.54) is 25.1 Å². The van der Waals surface area contributed by atoms with Crippen LogP contribution in [0.3, 0.4) is 0 Å².